The van der Waals surface area contributed by atoms with Crippen LogP contribution < -0.4 is 4.90 Å². The third-order valence-electron chi connectivity index (χ3n) is 2.91. The molecule has 1 saturated heterocycles. The second kappa shape index (κ2) is 5.71. The van der Waals surface area contributed by atoms with E-state index in [0.717, 1.165) is 4.88 Å². The normalized spacial score (nSPS) is 17.0. The fourth-order valence-electron chi connectivity index (χ4n) is 1.94. The number of thioether (sulfide) groups is 1. The van der Waals surface area contributed by atoms with E-state index in [2.05, 4.69) is 0 Å². The Morgan fingerprint density at radius 1 is 1.19 bits per heavy atom. The smallest absolute Gasteiger partial charge is 0.268 e. The van der Waals surface area contributed by atoms with Crippen molar-refractivity contribution in [1.82, 2.24) is 0 Å². The molecule has 1 aromatic carbocycles. The molecule has 2 aromatic rings. The molecule has 2 nitrogen and oxygen atoms in total. The third-order valence-corrected chi connectivity index (χ3v) is 5.16. The molecular weight excluding hydrogens is 325 g/mol. The molecule has 106 valence electrons. The zero-order valence-corrected chi connectivity index (χ0v) is 13.4. The number of hydrogen-bond donors (Lipinski definition) is 0. The summed E-state index contributed by atoms with van der Waals surface area (Å²) in [4.78, 5) is 16.7. The zero-order valence-electron chi connectivity index (χ0n) is 11.0. The molecule has 0 unspecified atom stereocenters. The van der Waals surface area contributed by atoms with Gasteiger partial charge in [-0.05, 0) is 49.4 Å². The van der Waals surface area contributed by atoms with E-state index in [-0.39, 0.29) is 11.7 Å². The van der Waals surface area contributed by atoms with Crippen LogP contribution in [-0.2, 0) is 4.79 Å². The number of anilines is 1. The molecule has 0 aliphatic carbocycles. The van der Waals surface area contributed by atoms with Crippen molar-refractivity contribution >= 4 is 57.3 Å². The maximum atomic E-state index is 13.0. The van der Waals surface area contributed by atoms with Gasteiger partial charge in [0.05, 0.1) is 10.6 Å². The quantitative estimate of drug-likeness (QED) is 0.591. The molecule has 1 aromatic heterocycles. The molecule has 0 N–H and O–H groups in total. The lowest BCUT2D eigenvalue weighted by Crippen LogP contribution is -2.27. The Morgan fingerprint density at radius 2 is 1.90 bits per heavy atom. The van der Waals surface area contributed by atoms with Crippen LogP contribution in [0, 0.1) is 12.7 Å². The molecule has 0 bridgehead atoms. The Morgan fingerprint density at radius 3 is 2.52 bits per heavy atom. The first-order valence-corrected chi connectivity index (χ1v) is 8.19. The summed E-state index contributed by atoms with van der Waals surface area (Å²) in [5.74, 6) is -0.503. The first kappa shape index (κ1) is 14.4. The van der Waals surface area contributed by atoms with Crippen LogP contribution in [0.25, 0.3) is 6.08 Å². The van der Waals surface area contributed by atoms with Crippen molar-refractivity contribution in [1.29, 1.82) is 0 Å². The zero-order chi connectivity index (χ0) is 15.0. The second-order valence-electron chi connectivity index (χ2n) is 4.44. The number of rotatable bonds is 2. The molecule has 1 aliphatic rings. The number of hydrogen-bond acceptors (Lipinski definition) is 4. The number of thiophene rings is 1. The van der Waals surface area contributed by atoms with Gasteiger partial charge in [-0.1, -0.05) is 24.0 Å². The summed E-state index contributed by atoms with van der Waals surface area (Å²) in [7, 11) is 0. The van der Waals surface area contributed by atoms with E-state index in [1.807, 2.05) is 25.1 Å². The lowest BCUT2D eigenvalue weighted by molar-refractivity contribution is -0.113. The third kappa shape index (κ3) is 2.92. The molecule has 0 saturated carbocycles. The summed E-state index contributed by atoms with van der Waals surface area (Å²) in [6.07, 6.45) is 1.85. The van der Waals surface area contributed by atoms with Crippen LogP contribution in [0.4, 0.5) is 10.1 Å². The average molecular weight is 335 g/mol. The van der Waals surface area contributed by atoms with Gasteiger partial charge in [-0.2, -0.15) is 0 Å². The molecule has 0 atom stereocenters. The molecule has 0 spiro atoms. The van der Waals surface area contributed by atoms with Gasteiger partial charge >= 0.3 is 0 Å². The van der Waals surface area contributed by atoms with Crippen molar-refractivity contribution in [3.8, 4) is 0 Å². The van der Waals surface area contributed by atoms with E-state index in [1.54, 1.807) is 23.5 Å². The number of amides is 1. The Bertz CT molecular complexity index is 749. The van der Waals surface area contributed by atoms with Gasteiger partial charge in [0.1, 0.15) is 5.82 Å². The predicted octanol–water partition coefficient (Wildman–Crippen LogP) is 4.60. The lowest BCUT2D eigenvalue weighted by Gasteiger charge is -2.14. The van der Waals surface area contributed by atoms with Gasteiger partial charge < -0.3 is 0 Å². The minimum absolute atomic E-state index is 0.164. The molecule has 1 aliphatic heterocycles. The summed E-state index contributed by atoms with van der Waals surface area (Å²) >= 11 is 8.16. The fourth-order valence-corrected chi connectivity index (χ4v) is 4.13. The van der Waals surface area contributed by atoms with Gasteiger partial charge in [0.15, 0.2) is 4.32 Å². The van der Waals surface area contributed by atoms with Gasteiger partial charge in [0.2, 0.25) is 0 Å². The predicted molar refractivity (Wildman–Crippen MR) is 91.1 cm³/mol. The van der Waals surface area contributed by atoms with E-state index < -0.39 is 0 Å². The van der Waals surface area contributed by atoms with Crippen LogP contribution in [0.15, 0.2) is 41.3 Å². The summed E-state index contributed by atoms with van der Waals surface area (Å²) in [5.41, 5.74) is 0.588. The molecule has 3 rings (SSSR count). The van der Waals surface area contributed by atoms with Crippen LogP contribution in [0.1, 0.15) is 9.75 Å². The largest absolute Gasteiger partial charge is 0.270 e. The second-order valence-corrected chi connectivity index (χ2v) is 7.44. The number of carbonyl (C=O) groups is 1. The Labute approximate surface area is 135 Å². The highest BCUT2D eigenvalue weighted by Crippen LogP contribution is 2.36. The van der Waals surface area contributed by atoms with Gasteiger partial charge in [-0.25, -0.2) is 4.39 Å². The van der Waals surface area contributed by atoms with E-state index in [9.17, 15) is 9.18 Å². The van der Waals surface area contributed by atoms with Crippen LogP contribution in [0.3, 0.4) is 0 Å². The monoisotopic (exact) mass is 335 g/mol. The van der Waals surface area contributed by atoms with E-state index in [4.69, 9.17) is 12.2 Å². The lowest BCUT2D eigenvalue weighted by atomic mass is 10.3. The van der Waals surface area contributed by atoms with Crippen molar-refractivity contribution in [3.05, 3.63) is 56.9 Å². The maximum absolute atomic E-state index is 13.0. The highest BCUT2D eigenvalue weighted by atomic mass is 32.2. The highest BCUT2D eigenvalue weighted by molar-refractivity contribution is 8.27. The molecular formula is C15H10FNOS3. The minimum atomic E-state index is -0.339. The summed E-state index contributed by atoms with van der Waals surface area (Å²) in [5, 5.41) is 0. The van der Waals surface area contributed by atoms with Gasteiger partial charge in [-0.3, -0.25) is 9.69 Å². The number of thiocarbonyl (C=S) groups is 1. The number of nitrogens with zero attached hydrogens (tertiary/aromatic N) is 1. The van der Waals surface area contributed by atoms with Crippen LogP contribution in [0.2, 0.25) is 0 Å². The van der Waals surface area contributed by atoms with Gasteiger partial charge in [0.25, 0.3) is 5.91 Å². The van der Waals surface area contributed by atoms with Crippen molar-refractivity contribution in [2.45, 2.75) is 6.92 Å². The van der Waals surface area contributed by atoms with Crippen LogP contribution in [0.5, 0.6) is 0 Å². The Balaban J connectivity index is 1.92. The number of halogens is 1. The van der Waals surface area contributed by atoms with Crippen molar-refractivity contribution < 1.29 is 9.18 Å². The van der Waals surface area contributed by atoms with E-state index in [1.165, 1.54) is 33.7 Å². The Kier molecular flexibility index (Phi) is 3.93. The van der Waals surface area contributed by atoms with Gasteiger partial charge in [0, 0.05) is 9.75 Å². The first-order chi connectivity index (χ1) is 10.0. The number of carbonyl (C=O) groups excluding carboxylic acids is 1. The maximum Gasteiger partial charge on any atom is 0.270 e. The fraction of sp³-hybridized carbons (Fsp3) is 0.0667. The van der Waals surface area contributed by atoms with E-state index >= 15 is 0 Å². The van der Waals surface area contributed by atoms with Crippen LogP contribution >= 0.6 is 35.3 Å². The highest BCUT2D eigenvalue weighted by Gasteiger charge is 2.33. The minimum Gasteiger partial charge on any atom is -0.268 e. The number of aryl methyl sites for hydroxylation is 1. The SMILES string of the molecule is Cc1ccc(/C=C2\SC(=S)N(c3ccc(F)cc3)C2=O)s1. The molecule has 2 heterocycles. The topological polar surface area (TPSA) is 20.3 Å². The summed E-state index contributed by atoms with van der Waals surface area (Å²) in [6.45, 7) is 2.02. The molecule has 0 radical (unpaired) electrons. The molecule has 6 heteroatoms. The molecule has 1 amide bonds. The summed E-state index contributed by atoms with van der Waals surface area (Å²) in [6, 6.07) is 9.73. The number of benzene rings is 1. The van der Waals surface area contributed by atoms with Crippen molar-refractivity contribution in [3.63, 3.8) is 0 Å². The van der Waals surface area contributed by atoms with Gasteiger partial charge in [-0.15, -0.1) is 11.3 Å². The Hall–Kier alpha value is -1.50. The average Bonchev–Trinajstić information content (AvgIpc) is 2.96. The van der Waals surface area contributed by atoms with Crippen molar-refractivity contribution in [2.75, 3.05) is 4.90 Å². The first-order valence-electron chi connectivity index (χ1n) is 6.14. The van der Waals surface area contributed by atoms with E-state index in [0.29, 0.717) is 14.9 Å². The standard InChI is InChI=1S/C15H10FNOS3/c1-9-2-7-12(20-9)8-13-14(18)17(15(19)21-13)11-5-3-10(16)4-6-11/h2-8H,1H3/b13-8-. The van der Waals surface area contributed by atoms with Crippen LogP contribution in [-0.4, -0.2) is 10.2 Å². The van der Waals surface area contributed by atoms with Crippen molar-refractivity contribution in [2.24, 2.45) is 0 Å². The molecule has 21 heavy (non-hydrogen) atoms. The summed E-state index contributed by atoms with van der Waals surface area (Å²) < 4.78 is 13.4. The molecule has 1 fully saturated rings.